The minimum absolute atomic E-state index is 0.00204. The van der Waals surface area contributed by atoms with Gasteiger partial charge in [-0.2, -0.15) is 0 Å². The lowest BCUT2D eigenvalue weighted by atomic mass is 10.0. The lowest BCUT2D eigenvalue weighted by Gasteiger charge is -2.28. The average molecular weight is 2130 g/mol. The topological polar surface area (TPSA) is 474 Å². The fourth-order valence-corrected chi connectivity index (χ4v) is 16.5. The van der Waals surface area contributed by atoms with Crippen LogP contribution in [0.25, 0.3) is 0 Å². The van der Waals surface area contributed by atoms with Crippen LogP contribution in [0.3, 0.4) is 0 Å². The van der Waals surface area contributed by atoms with Crippen LogP contribution in [0.15, 0.2) is 0 Å². The summed E-state index contributed by atoms with van der Waals surface area (Å²) in [5.41, 5.74) is 0. The molecular weight excluding hydrogens is 1910 g/mol. The van der Waals surface area contributed by atoms with Crippen molar-refractivity contribution >= 4 is 68.5 Å². The van der Waals surface area contributed by atoms with Crippen LogP contribution in [0, 0.1) is 47.3 Å². The molecule has 0 radical (unpaired) electrons. The van der Waals surface area contributed by atoms with E-state index in [0.717, 1.165) is 32.4 Å². The lowest BCUT2D eigenvalue weighted by Crippen LogP contribution is -2.40. The highest BCUT2D eigenvalue weighted by atomic mass is 31.2. The number of aliphatic hydroxyl groups excluding tert-OH is 5. The number of Topliss-reactive ketones (excluding diaryl/α,β-unsaturated/α-hetero) is 4. The van der Waals surface area contributed by atoms with Gasteiger partial charge in [0.1, 0.15) is 29.9 Å². The third-order valence-corrected chi connectivity index (χ3v) is 24.7. The molecule has 0 aromatic carbocycles. The first kappa shape index (κ1) is 145. The summed E-state index contributed by atoms with van der Waals surface area (Å²) in [6.07, 6.45) is 10.0. The molecule has 0 bridgehead atoms. The zero-order valence-electron chi connectivity index (χ0n) is 96.2. The van der Waals surface area contributed by atoms with E-state index in [1.165, 1.54) is 0 Å². The molecule has 5 saturated heterocycles. The largest absolute Gasteiger partial charge is 0.472 e. The zero-order valence-corrected chi connectivity index (χ0v) is 98.0. The van der Waals surface area contributed by atoms with Crippen molar-refractivity contribution in [1.82, 2.24) is 35.6 Å². The molecule has 5 unspecified atom stereocenters. The van der Waals surface area contributed by atoms with Crippen LogP contribution in [0.4, 0.5) is 0 Å². The summed E-state index contributed by atoms with van der Waals surface area (Å²) in [6.45, 7) is 75.6. The Morgan fingerprint density at radius 1 is 0.434 bits per heavy atom. The first-order chi connectivity index (χ1) is 67.4. The summed E-state index contributed by atoms with van der Waals surface area (Å²) in [5.74, 6) is 0.756. The van der Waals surface area contributed by atoms with Gasteiger partial charge < -0.3 is 122 Å². The maximum atomic E-state index is 12.1. The molecule has 0 aliphatic carbocycles. The molecule has 5 fully saturated rings. The number of rotatable bonds is 62. The second-order valence-electron chi connectivity index (χ2n) is 43.6. The van der Waals surface area contributed by atoms with Crippen molar-refractivity contribution in [1.29, 1.82) is 0 Å². The zero-order chi connectivity index (χ0) is 112. The summed E-state index contributed by atoms with van der Waals surface area (Å²) in [5, 5.41) is 57.2. The summed E-state index contributed by atoms with van der Waals surface area (Å²) in [4.78, 5) is 120. The van der Waals surface area contributed by atoms with Gasteiger partial charge in [-0.25, -0.2) is 4.57 Å². The van der Waals surface area contributed by atoms with Gasteiger partial charge in [-0.15, -0.1) is 0 Å². The Morgan fingerprint density at radius 3 is 1.30 bits per heavy atom. The van der Waals surface area contributed by atoms with Gasteiger partial charge in [0, 0.05) is 119 Å². The quantitative estimate of drug-likeness (QED) is 0.0117. The van der Waals surface area contributed by atoms with E-state index in [0.29, 0.717) is 167 Å². The number of hydrogen-bond acceptors (Lipinski definition) is 32. The van der Waals surface area contributed by atoms with Crippen molar-refractivity contribution in [3.05, 3.63) is 0 Å². The number of carbonyl (C=O) groups excluding carboxylic acids is 8. The van der Waals surface area contributed by atoms with Gasteiger partial charge in [0.25, 0.3) is 0 Å². The SMILES string of the molecule is C=P(O)(OCC1C[C@@H](O)C(C(C)C)N1)O[C@@H]1C[C@@H](COC(C)C)N(C(C)C)C1.CC(C)CCC(=O)N1C[C@H](O)C[C@H]1COC(C)C.CC(C)COC(C)C.CC(C)COP(=O)(O)OCCCOCC(CO)COCCCOC(C)C.CC(C)NCC(=O)CCOC(C)C.CC(C)OCNC(=O)CC(=O)C(C)C.CC(C)OC[C@@H]1C[C@@H](O)CN1C(=O)CC(=O)C(C)C.CC(C)O[C@@H]1C[C@@H](CO)N(C(=O)CC(=O)C(C)C)C1. The number of phosphoric ester groups is 1. The van der Waals surface area contributed by atoms with Crippen molar-refractivity contribution < 1.29 is 144 Å². The molecule has 0 saturated carbocycles. The van der Waals surface area contributed by atoms with Crippen molar-refractivity contribution in [3.63, 3.8) is 0 Å². The standard InChI is InChI=1S/C20H41N2O5P.C17H37O8P.2C14H25NO4.C14H27NO3.C10H19NO3.C10H21NO2.C7H16O/c1-13(2)20-19(23)8-16(21-20)11-26-28(7,24)27-18-9-17(12-25-15(5)6)22(10-18)14(3)4;1-15(2)12-25-26(19,20)24-10-6-8-22-14-17(11-18)13-21-7-5-9-23-16(3)4;1-9(2)13(17)6-14(18)15-7-12(16)5-11(15)8-19-10(3)4;1-9(2)13(17)6-14(18)15-7-12(19-10(3)4)5-11(15)8-16;1-10(2)5-6-14(17)15-8-13(16)7-12(15)9-18-11(3)4;1-7(2)9(12)5-10(13)11-6-14-8(3)4;1-8(2)11-7-10(12)5-6-13-9(3)4;1-6(2)5-8-7(3)4/h13-21,23-24H,7-12H2,1-6H3;15-18H,5-14H2,1-4H3,(H,19,20);2*9-12,16H,5-8H2,1-4H3;10-13,16H,5-9H2,1-4H3;7-8H,5-6H2,1-4H3,(H,11,13);8-9,11H,5-7H2,1-4H3;6-7H,5H2,1-4H3/t16?,17-,18+,19+,20?,28?;;2*11-,12+;12-,13+;;;/m0.000.../s1. The highest BCUT2D eigenvalue weighted by Crippen LogP contribution is 2.47. The maximum absolute atomic E-state index is 12.1. The molecule has 860 valence electrons. The minimum Gasteiger partial charge on any atom is -0.396 e. The number of ether oxygens (including phenoxy) is 10. The second-order valence-corrected chi connectivity index (χ2v) is 46.8. The number of nitrogens with zero attached hydrogens (tertiary/aromatic N) is 4. The fourth-order valence-electron chi connectivity index (χ4n) is 14.5. The number of likely N-dealkylation sites (tertiary alicyclic amines) is 4. The molecule has 5 aliphatic rings. The molecule has 5 heterocycles. The van der Waals surface area contributed by atoms with Gasteiger partial charge in [0.15, 0.2) is 0 Å². The van der Waals surface area contributed by atoms with Crippen LogP contribution in [-0.4, -0.2) is 374 Å². The highest BCUT2D eigenvalue weighted by Gasteiger charge is 2.42. The molecule has 0 aromatic rings. The Bertz CT molecular complexity index is 3430. The van der Waals surface area contributed by atoms with Crippen LogP contribution in [0.2, 0.25) is 0 Å². The first-order valence-corrected chi connectivity index (χ1v) is 56.9. The summed E-state index contributed by atoms with van der Waals surface area (Å²) in [6, 6.07) is 0.775. The third-order valence-electron chi connectivity index (χ3n) is 22.6. The molecule has 14 atom stereocenters. The third kappa shape index (κ3) is 77.2. The number of ketones is 4. The molecule has 0 aromatic heterocycles. The molecule has 5 rings (SSSR count). The normalized spacial score (nSPS) is 21.2. The number of amides is 4. The van der Waals surface area contributed by atoms with Gasteiger partial charge in [-0.3, -0.25) is 52.3 Å². The van der Waals surface area contributed by atoms with E-state index in [2.05, 4.69) is 96.4 Å². The summed E-state index contributed by atoms with van der Waals surface area (Å²) >= 11 is 0. The van der Waals surface area contributed by atoms with Gasteiger partial charge in [0.2, 0.25) is 31.2 Å². The Kier molecular flexibility index (Phi) is 81.9. The van der Waals surface area contributed by atoms with Crippen LogP contribution in [0.5, 0.6) is 0 Å². The minimum atomic E-state index is -3.98. The predicted molar refractivity (Wildman–Crippen MR) is 572 cm³/mol. The molecule has 37 nitrogen and oxygen atoms in total. The van der Waals surface area contributed by atoms with Crippen LogP contribution in [0.1, 0.15) is 319 Å². The van der Waals surface area contributed by atoms with Gasteiger partial charge in [0.05, 0.1) is 196 Å². The number of carbonyl (C=O) groups is 8. The summed E-state index contributed by atoms with van der Waals surface area (Å²) in [7, 11) is -7.14. The van der Waals surface area contributed by atoms with Crippen LogP contribution in [-0.2, 0) is 108 Å². The van der Waals surface area contributed by atoms with Gasteiger partial charge in [-0.1, -0.05) is 111 Å². The lowest BCUT2D eigenvalue weighted by molar-refractivity contribution is -0.139. The first-order valence-electron chi connectivity index (χ1n) is 53.7. The molecular formula is C106H211N7O30P2. The average Bonchev–Trinajstić information content (AvgIpc) is 1.69. The Balaban J connectivity index is -0.00000162. The van der Waals surface area contributed by atoms with E-state index < -0.39 is 27.6 Å². The van der Waals surface area contributed by atoms with Gasteiger partial charge >= 0.3 is 7.82 Å². The van der Waals surface area contributed by atoms with E-state index in [1.54, 1.807) is 56.2 Å². The Hall–Kier alpha value is -3.87. The molecule has 145 heavy (non-hydrogen) atoms. The number of hydrogen-bond donors (Lipinski definition) is 10. The van der Waals surface area contributed by atoms with Crippen molar-refractivity contribution in [2.24, 2.45) is 47.3 Å². The Labute approximate surface area is 875 Å². The number of nitrogens with one attached hydrogen (secondary N) is 3. The molecule has 39 heteroatoms. The molecule has 10 N–H and O–H groups in total. The van der Waals surface area contributed by atoms with Crippen molar-refractivity contribution in [3.8, 4) is 0 Å². The van der Waals surface area contributed by atoms with E-state index in [9.17, 15) is 78.2 Å². The van der Waals surface area contributed by atoms with Crippen LogP contribution < -0.4 is 16.0 Å². The number of phosphoric acid groups is 1. The van der Waals surface area contributed by atoms with E-state index in [-0.39, 0.29) is 233 Å². The maximum Gasteiger partial charge on any atom is 0.472 e. The van der Waals surface area contributed by atoms with Crippen molar-refractivity contribution in [2.45, 2.75) is 447 Å². The molecule has 5 aliphatic heterocycles. The fraction of sp³-hybridized carbons (Fsp3) is 0.915. The Morgan fingerprint density at radius 2 is 0.883 bits per heavy atom. The number of β-amino-alcohol motifs (C(OH)–C–C–N with tert-alkyl or cyclic N) is 2. The second kappa shape index (κ2) is 81.8. The summed E-state index contributed by atoms with van der Waals surface area (Å²) < 4.78 is 87.5. The highest BCUT2D eigenvalue weighted by molar-refractivity contribution is 7.58. The van der Waals surface area contributed by atoms with E-state index >= 15 is 0 Å². The molecule has 0 spiro atoms. The smallest absolute Gasteiger partial charge is 0.396 e. The van der Waals surface area contributed by atoms with Gasteiger partial charge in [-0.05, 0) is 206 Å². The van der Waals surface area contributed by atoms with E-state index in [4.69, 9.17) is 65.5 Å². The number of aliphatic hydroxyl groups is 5. The molecule has 4 amide bonds. The monoisotopic (exact) mass is 2120 g/mol. The van der Waals surface area contributed by atoms with E-state index in [1.807, 2.05) is 125 Å². The van der Waals surface area contributed by atoms with Crippen LogP contribution >= 0.6 is 15.4 Å². The predicted octanol–water partition coefficient (Wildman–Crippen LogP) is 13.2. The van der Waals surface area contributed by atoms with Crippen molar-refractivity contribution in [2.75, 3.05) is 139 Å².